The van der Waals surface area contributed by atoms with E-state index in [1.165, 1.54) is 109 Å². The summed E-state index contributed by atoms with van der Waals surface area (Å²) in [6, 6.07) is 68.5. The second-order valence-electron chi connectivity index (χ2n) is 14.3. The lowest BCUT2D eigenvalue weighted by atomic mass is 9.61. The van der Waals surface area contributed by atoms with Gasteiger partial charge in [-0.25, -0.2) is 0 Å². The number of benzene rings is 9. The van der Waals surface area contributed by atoms with E-state index in [1.54, 1.807) is 0 Å². The number of rotatable bonds is 2. The predicted octanol–water partition coefficient (Wildman–Crippen LogP) is 13.8. The molecule has 1 aliphatic heterocycles. The van der Waals surface area contributed by atoms with Gasteiger partial charge >= 0.3 is 0 Å². The average Bonchev–Trinajstić information content (AvgIpc) is 3.51. The van der Waals surface area contributed by atoms with Crippen LogP contribution in [0.25, 0.3) is 77.2 Å². The molecule has 1 unspecified atom stereocenters. The molecule has 9 aromatic carbocycles. The zero-order chi connectivity index (χ0) is 34.0. The number of fused-ring (bicyclic) bond motifs is 11. The van der Waals surface area contributed by atoms with Gasteiger partial charge in [0.15, 0.2) is 0 Å². The van der Waals surface area contributed by atoms with Gasteiger partial charge in [-0.05, 0) is 106 Å². The van der Waals surface area contributed by atoms with Crippen molar-refractivity contribution in [2.45, 2.75) is 15.2 Å². The molecule has 1 heterocycles. The van der Waals surface area contributed by atoms with E-state index in [1.807, 2.05) is 11.8 Å². The summed E-state index contributed by atoms with van der Waals surface area (Å²) < 4.78 is 0. The minimum Gasteiger partial charge on any atom is -0.0888 e. The van der Waals surface area contributed by atoms with Gasteiger partial charge in [0, 0.05) is 15.2 Å². The smallest absolute Gasteiger partial charge is 0.0725 e. The Morgan fingerprint density at radius 3 is 1.65 bits per heavy atom. The first kappa shape index (κ1) is 28.5. The molecule has 52 heavy (non-hydrogen) atoms. The lowest BCUT2D eigenvalue weighted by Crippen LogP contribution is -2.31. The Labute approximate surface area is 307 Å². The summed E-state index contributed by atoms with van der Waals surface area (Å²) in [5.74, 6) is 0. The zero-order valence-electron chi connectivity index (χ0n) is 28.2. The van der Waals surface area contributed by atoms with Gasteiger partial charge in [0.25, 0.3) is 0 Å². The molecule has 12 rings (SSSR count). The van der Waals surface area contributed by atoms with Gasteiger partial charge in [0.1, 0.15) is 0 Å². The first-order valence-corrected chi connectivity index (χ1v) is 18.9. The van der Waals surface area contributed by atoms with E-state index >= 15 is 0 Å². The minimum absolute atomic E-state index is 0.438. The van der Waals surface area contributed by atoms with Crippen LogP contribution in [0.4, 0.5) is 0 Å². The summed E-state index contributed by atoms with van der Waals surface area (Å²) in [6.45, 7) is 0. The summed E-state index contributed by atoms with van der Waals surface area (Å²) in [5, 5.41) is 5.31. The molecule has 1 atom stereocenters. The Kier molecular flexibility index (Phi) is 5.73. The minimum atomic E-state index is -0.438. The molecule has 0 aromatic heterocycles. The Morgan fingerprint density at radius 2 is 0.827 bits per heavy atom. The van der Waals surface area contributed by atoms with Gasteiger partial charge in [0.2, 0.25) is 0 Å². The standard InChI is InChI=1S/C51H30S/c1-2-16-33(32(15-1)34-29-30-47-50-38(34)21-11-22-40(50)36-18-5-8-28-46(36)52-47)37-23-12-27-45-49(37)41-19-4-7-25-43(41)51(45)42-24-6-3-17-35(42)39-20-9-13-31-14-10-26-44(51)48(31)39/h1-30H. The average molecular weight is 675 g/mol. The van der Waals surface area contributed by atoms with E-state index in [0.29, 0.717) is 0 Å². The Balaban J connectivity index is 1.16. The van der Waals surface area contributed by atoms with Crippen molar-refractivity contribution in [2.75, 3.05) is 0 Å². The van der Waals surface area contributed by atoms with Gasteiger partial charge < -0.3 is 0 Å². The van der Waals surface area contributed by atoms with Crippen LogP contribution >= 0.6 is 11.8 Å². The van der Waals surface area contributed by atoms with E-state index in [4.69, 9.17) is 0 Å². The fourth-order valence-electron chi connectivity index (χ4n) is 9.97. The highest BCUT2D eigenvalue weighted by Crippen LogP contribution is 2.63. The second-order valence-corrected chi connectivity index (χ2v) is 15.3. The first-order chi connectivity index (χ1) is 25.8. The van der Waals surface area contributed by atoms with E-state index < -0.39 is 5.41 Å². The van der Waals surface area contributed by atoms with Gasteiger partial charge in [-0.15, -0.1) is 0 Å². The van der Waals surface area contributed by atoms with E-state index in [-0.39, 0.29) is 0 Å². The molecule has 0 bridgehead atoms. The molecule has 240 valence electrons. The summed E-state index contributed by atoms with van der Waals surface area (Å²) >= 11 is 1.89. The summed E-state index contributed by atoms with van der Waals surface area (Å²) in [4.78, 5) is 2.65. The molecule has 0 radical (unpaired) electrons. The van der Waals surface area contributed by atoms with Gasteiger partial charge in [-0.3, -0.25) is 0 Å². The molecule has 0 N–H and O–H groups in total. The number of hydrogen-bond donors (Lipinski definition) is 0. The van der Waals surface area contributed by atoms with Crippen molar-refractivity contribution in [2.24, 2.45) is 0 Å². The van der Waals surface area contributed by atoms with Gasteiger partial charge in [-0.2, -0.15) is 0 Å². The monoisotopic (exact) mass is 674 g/mol. The molecule has 0 nitrogen and oxygen atoms in total. The van der Waals surface area contributed by atoms with E-state index in [9.17, 15) is 0 Å². The SMILES string of the molecule is c1ccc2c(c1)Sc1ccc(-c3ccccc3-c3cccc4c3-c3ccccc3C43c4ccccc4-c4cccc5cccc3c45)c3cccc-2c13. The van der Waals surface area contributed by atoms with Crippen LogP contribution in [-0.2, 0) is 5.41 Å². The van der Waals surface area contributed by atoms with Crippen molar-refractivity contribution in [1.29, 1.82) is 0 Å². The molecule has 0 fully saturated rings. The molecule has 1 spiro atoms. The molecule has 2 aliphatic carbocycles. The van der Waals surface area contributed by atoms with E-state index in [2.05, 4.69) is 182 Å². The molecule has 0 saturated carbocycles. The molecular weight excluding hydrogens is 645 g/mol. The quantitative estimate of drug-likeness (QED) is 0.176. The highest BCUT2D eigenvalue weighted by molar-refractivity contribution is 7.99. The summed E-state index contributed by atoms with van der Waals surface area (Å²) in [7, 11) is 0. The first-order valence-electron chi connectivity index (χ1n) is 18.1. The largest absolute Gasteiger partial charge is 0.0888 e. The van der Waals surface area contributed by atoms with Crippen molar-refractivity contribution < 1.29 is 0 Å². The third kappa shape index (κ3) is 3.54. The summed E-state index contributed by atoms with van der Waals surface area (Å²) in [5.41, 5.74) is 18.0. The van der Waals surface area contributed by atoms with E-state index in [0.717, 1.165) is 0 Å². The maximum absolute atomic E-state index is 2.40. The maximum atomic E-state index is 2.40. The molecule has 1 heteroatoms. The van der Waals surface area contributed by atoms with Crippen LogP contribution < -0.4 is 0 Å². The van der Waals surface area contributed by atoms with Crippen molar-refractivity contribution in [1.82, 2.24) is 0 Å². The molecule has 3 aliphatic rings. The van der Waals surface area contributed by atoms with Crippen molar-refractivity contribution in [3.05, 3.63) is 204 Å². The third-order valence-corrected chi connectivity index (χ3v) is 13.0. The van der Waals surface area contributed by atoms with Crippen LogP contribution in [0.3, 0.4) is 0 Å². The maximum Gasteiger partial charge on any atom is 0.0725 e. The molecule has 0 saturated heterocycles. The Morgan fingerprint density at radius 1 is 0.288 bits per heavy atom. The van der Waals surface area contributed by atoms with Gasteiger partial charge in [0.05, 0.1) is 5.41 Å². The van der Waals surface area contributed by atoms with Crippen molar-refractivity contribution in [3.63, 3.8) is 0 Å². The Bertz CT molecular complexity index is 3000. The summed E-state index contributed by atoms with van der Waals surface area (Å²) in [6.07, 6.45) is 0. The van der Waals surface area contributed by atoms with Crippen LogP contribution in [0.1, 0.15) is 22.3 Å². The van der Waals surface area contributed by atoms with Crippen LogP contribution in [0.2, 0.25) is 0 Å². The van der Waals surface area contributed by atoms with Gasteiger partial charge in [-0.1, -0.05) is 182 Å². The highest BCUT2D eigenvalue weighted by atomic mass is 32.2. The van der Waals surface area contributed by atoms with Crippen molar-refractivity contribution >= 4 is 33.3 Å². The van der Waals surface area contributed by atoms with Crippen LogP contribution in [0.15, 0.2) is 192 Å². The molecular formula is C51H30S. The third-order valence-electron chi connectivity index (χ3n) is 11.9. The highest BCUT2D eigenvalue weighted by Gasteiger charge is 2.50. The predicted molar refractivity (Wildman–Crippen MR) is 218 cm³/mol. The zero-order valence-corrected chi connectivity index (χ0v) is 29.0. The molecule has 9 aromatic rings. The lowest BCUT2D eigenvalue weighted by molar-refractivity contribution is 0.773. The Hall–Kier alpha value is -6.15. The fourth-order valence-corrected chi connectivity index (χ4v) is 11.1. The second kappa shape index (κ2) is 10.4. The fraction of sp³-hybridized carbons (Fsp3) is 0.0196. The molecule has 0 amide bonds. The number of hydrogen-bond acceptors (Lipinski definition) is 1. The topological polar surface area (TPSA) is 0 Å². The van der Waals surface area contributed by atoms with Crippen molar-refractivity contribution in [3.8, 4) is 55.6 Å². The van der Waals surface area contributed by atoms with Crippen LogP contribution in [0, 0.1) is 0 Å². The van der Waals surface area contributed by atoms with Crippen LogP contribution in [-0.4, -0.2) is 0 Å². The normalized spacial score (nSPS) is 15.7. The van der Waals surface area contributed by atoms with Crippen LogP contribution in [0.5, 0.6) is 0 Å². The lowest BCUT2D eigenvalue weighted by Gasteiger charge is -2.40.